The molecule has 0 heterocycles. The van der Waals surface area contributed by atoms with E-state index in [4.69, 9.17) is 9.26 Å². The molecule has 1 unspecified atom stereocenters. The predicted octanol–water partition coefficient (Wildman–Crippen LogP) is 4.54. The Balaban J connectivity index is 5.13. The third-order valence-corrected chi connectivity index (χ3v) is 10.2. The number of amides is 1. The number of nitrogens with zero attached hydrogens (tertiary/aromatic N) is 1. The molecular formula is C14H27F3INO3Si. The Hall–Kier alpha value is 0.127. The summed E-state index contributed by atoms with van der Waals surface area (Å²) in [4.78, 5) is 17.3. The standard InChI is InChI=1S/C14H27F3INO3Si/c1-6-23(7-2,8-3)22-11(13(20)19(4)21-5)9-10-12(18)14(15,16)17/h11-12H,6-10H2,1-5H3/t11-,12?/m0/s1. The number of hydrogen-bond acceptors (Lipinski definition) is 3. The first-order chi connectivity index (χ1) is 10.6. The normalized spacial score (nSPS) is 15.3. The summed E-state index contributed by atoms with van der Waals surface area (Å²) >= 11 is 1.37. The van der Waals surface area contributed by atoms with Gasteiger partial charge in [0, 0.05) is 7.05 Å². The largest absolute Gasteiger partial charge is 0.405 e. The molecule has 0 N–H and O–H groups in total. The molecule has 23 heavy (non-hydrogen) atoms. The van der Waals surface area contributed by atoms with E-state index >= 15 is 0 Å². The van der Waals surface area contributed by atoms with Gasteiger partial charge in [-0.2, -0.15) is 13.2 Å². The topological polar surface area (TPSA) is 38.8 Å². The van der Waals surface area contributed by atoms with Crippen LogP contribution >= 0.6 is 22.6 Å². The fourth-order valence-electron chi connectivity index (χ4n) is 2.29. The van der Waals surface area contributed by atoms with Crippen molar-refractivity contribution in [1.82, 2.24) is 5.06 Å². The molecule has 0 fully saturated rings. The molecule has 4 nitrogen and oxygen atoms in total. The molecule has 0 aromatic heterocycles. The molecule has 0 aromatic rings. The lowest BCUT2D eigenvalue weighted by atomic mass is 10.1. The summed E-state index contributed by atoms with van der Waals surface area (Å²) in [6.45, 7) is 6.03. The maximum Gasteiger partial charge on any atom is 0.400 e. The molecule has 0 rings (SSSR count). The Kier molecular flexibility index (Phi) is 10.2. The highest BCUT2D eigenvalue weighted by molar-refractivity contribution is 14.1. The number of carbonyl (C=O) groups is 1. The van der Waals surface area contributed by atoms with E-state index in [-0.39, 0.29) is 12.8 Å². The Labute approximate surface area is 151 Å². The summed E-state index contributed by atoms with van der Waals surface area (Å²) < 4.78 is 42.7. The highest BCUT2D eigenvalue weighted by Gasteiger charge is 2.40. The highest BCUT2D eigenvalue weighted by atomic mass is 127. The Morgan fingerprint density at radius 3 is 2.00 bits per heavy atom. The first-order valence-electron chi connectivity index (χ1n) is 7.77. The van der Waals surface area contributed by atoms with Gasteiger partial charge in [-0.3, -0.25) is 9.63 Å². The molecule has 0 spiro atoms. The number of halogens is 4. The summed E-state index contributed by atoms with van der Waals surface area (Å²) in [5.41, 5.74) is 0. The Morgan fingerprint density at radius 2 is 1.65 bits per heavy atom. The molecule has 138 valence electrons. The van der Waals surface area contributed by atoms with Gasteiger partial charge in [0.25, 0.3) is 5.91 Å². The third-order valence-electron chi connectivity index (χ3n) is 4.22. The molecule has 2 atom stereocenters. The maximum absolute atomic E-state index is 12.7. The van der Waals surface area contributed by atoms with Crippen molar-refractivity contribution in [2.24, 2.45) is 0 Å². The smallest absolute Gasteiger partial charge is 0.400 e. The van der Waals surface area contributed by atoms with Gasteiger partial charge in [0.2, 0.25) is 0 Å². The van der Waals surface area contributed by atoms with Gasteiger partial charge in [0.1, 0.15) is 10.0 Å². The number of hydrogen-bond donors (Lipinski definition) is 0. The van der Waals surface area contributed by atoms with E-state index in [9.17, 15) is 18.0 Å². The average molecular weight is 469 g/mol. The van der Waals surface area contributed by atoms with Gasteiger partial charge in [-0.05, 0) is 31.0 Å². The molecule has 0 aliphatic heterocycles. The van der Waals surface area contributed by atoms with Gasteiger partial charge in [-0.25, -0.2) is 5.06 Å². The second kappa shape index (κ2) is 10.2. The van der Waals surface area contributed by atoms with E-state index in [0.29, 0.717) is 0 Å². The zero-order chi connectivity index (χ0) is 18.3. The quantitative estimate of drug-likeness (QED) is 0.204. The average Bonchev–Trinajstić information content (AvgIpc) is 2.53. The molecule has 0 bridgehead atoms. The fourth-order valence-corrected chi connectivity index (χ4v) is 5.47. The molecule has 1 amide bonds. The number of rotatable bonds is 10. The second-order valence-electron chi connectivity index (χ2n) is 5.45. The molecular weight excluding hydrogens is 442 g/mol. The maximum atomic E-state index is 12.7. The predicted molar refractivity (Wildman–Crippen MR) is 94.9 cm³/mol. The first-order valence-corrected chi connectivity index (χ1v) is 11.5. The third kappa shape index (κ3) is 7.26. The molecule has 0 aliphatic carbocycles. The summed E-state index contributed by atoms with van der Waals surface area (Å²) in [6, 6.07) is 2.48. The number of hydroxylamine groups is 2. The van der Waals surface area contributed by atoms with Gasteiger partial charge < -0.3 is 4.43 Å². The van der Waals surface area contributed by atoms with E-state index < -0.39 is 30.4 Å². The Morgan fingerprint density at radius 1 is 1.17 bits per heavy atom. The second-order valence-corrected chi connectivity index (χ2v) is 11.7. The highest BCUT2D eigenvalue weighted by Crippen LogP contribution is 2.32. The van der Waals surface area contributed by atoms with Crippen molar-refractivity contribution >= 4 is 36.8 Å². The lowest BCUT2D eigenvalue weighted by Crippen LogP contribution is -2.47. The number of alkyl halides is 4. The van der Waals surface area contributed by atoms with Crippen molar-refractivity contribution in [3.63, 3.8) is 0 Å². The van der Waals surface area contributed by atoms with Crippen molar-refractivity contribution in [2.75, 3.05) is 14.2 Å². The van der Waals surface area contributed by atoms with Crippen molar-refractivity contribution in [2.45, 2.75) is 68.0 Å². The van der Waals surface area contributed by atoms with Gasteiger partial charge in [0.05, 0.1) is 7.11 Å². The van der Waals surface area contributed by atoms with Crippen LogP contribution in [-0.2, 0) is 14.1 Å². The fraction of sp³-hybridized carbons (Fsp3) is 0.929. The monoisotopic (exact) mass is 469 g/mol. The van der Waals surface area contributed by atoms with Crippen molar-refractivity contribution in [3.8, 4) is 0 Å². The number of carbonyl (C=O) groups excluding carboxylic acids is 1. The van der Waals surface area contributed by atoms with Crippen molar-refractivity contribution < 1.29 is 27.2 Å². The van der Waals surface area contributed by atoms with E-state index in [0.717, 1.165) is 23.2 Å². The molecule has 0 aromatic carbocycles. The minimum absolute atomic E-state index is 0.0361. The van der Waals surface area contributed by atoms with Crippen LogP contribution in [-0.4, -0.2) is 49.7 Å². The molecule has 0 aliphatic rings. The van der Waals surface area contributed by atoms with Gasteiger partial charge in [-0.15, -0.1) is 0 Å². The van der Waals surface area contributed by atoms with Gasteiger partial charge in [-0.1, -0.05) is 43.4 Å². The van der Waals surface area contributed by atoms with Crippen molar-refractivity contribution in [1.29, 1.82) is 0 Å². The van der Waals surface area contributed by atoms with E-state index in [1.165, 1.54) is 36.7 Å². The lowest BCUT2D eigenvalue weighted by molar-refractivity contribution is -0.177. The van der Waals surface area contributed by atoms with Crippen LogP contribution in [0.15, 0.2) is 0 Å². The SMILES string of the molecule is CC[Si](CC)(CC)O[C@@H](CCC(I)C(F)(F)F)C(=O)N(C)OC. The first kappa shape index (κ1) is 23.1. The molecule has 0 saturated heterocycles. The number of likely N-dealkylation sites (N-methyl/N-ethyl adjacent to an activating group) is 1. The van der Waals surface area contributed by atoms with Crippen LogP contribution in [0.25, 0.3) is 0 Å². The van der Waals surface area contributed by atoms with Crippen LogP contribution in [0.4, 0.5) is 13.2 Å². The van der Waals surface area contributed by atoms with Crippen LogP contribution < -0.4 is 0 Å². The summed E-state index contributed by atoms with van der Waals surface area (Å²) in [5, 5.41) is 1.03. The van der Waals surface area contributed by atoms with Crippen LogP contribution in [0.3, 0.4) is 0 Å². The van der Waals surface area contributed by atoms with Crippen LogP contribution in [0.5, 0.6) is 0 Å². The lowest BCUT2D eigenvalue weighted by Gasteiger charge is -2.34. The van der Waals surface area contributed by atoms with Crippen LogP contribution in [0.2, 0.25) is 18.1 Å². The molecule has 0 radical (unpaired) electrons. The zero-order valence-corrected chi connectivity index (χ0v) is 17.5. The van der Waals surface area contributed by atoms with E-state index in [1.54, 1.807) is 0 Å². The Bertz CT molecular complexity index is 359. The summed E-state index contributed by atoms with van der Waals surface area (Å²) in [7, 11) is 0.678. The van der Waals surface area contributed by atoms with Crippen LogP contribution in [0, 0.1) is 0 Å². The van der Waals surface area contributed by atoms with Gasteiger partial charge >= 0.3 is 6.18 Å². The van der Waals surface area contributed by atoms with Gasteiger partial charge in [0.15, 0.2) is 8.32 Å². The molecule has 0 saturated carbocycles. The summed E-state index contributed by atoms with van der Waals surface area (Å²) in [5.74, 6) is -0.425. The summed E-state index contributed by atoms with van der Waals surface area (Å²) in [6.07, 6.45) is -5.27. The zero-order valence-electron chi connectivity index (χ0n) is 14.4. The minimum Gasteiger partial charge on any atom is -0.405 e. The minimum atomic E-state index is -4.27. The van der Waals surface area contributed by atoms with Crippen molar-refractivity contribution in [3.05, 3.63) is 0 Å². The van der Waals surface area contributed by atoms with E-state index in [2.05, 4.69) is 0 Å². The van der Waals surface area contributed by atoms with Crippen LogP contribution in [0.1, 0.15) is 33.6 Å². The molecule has 9 heteroatoms. The van der Waals surface area contributed by atoms with E-state index in [1.807, 2.05) is 20.8 Å².